The summed E-state index contributed by atoms with van der Waals surface area (Å²) < 4.78 is 9.37. The molecule has 0 aliphatic carbocycles. The molecule has 0 N–H and O–H groups in total. The number of rotatable bonds is 7. The number of allylic oxidation sites excluding steroid dienone is 1. The maximum atomic E-state index is 11.7. The zero-order valence-electron chi connectivity index (χ0n) is 11.9. The molecule has 0 spiro atoms. The number of carbonyl (C=O) groups is 2. The second kappa shape index (κ2) is 8.15. The summed E-state index contributed by atoms with van der Waals surface area (Å²) in [6.45, 7) is 3.73. The van der Waals surface area contributed by atoms with Gasteiger partial charge in [0.2, 0.25) is 0 Å². The van der Waals surface area contributed by atoms with Crippen LogP contribution < -0.4 is 0 Å². The Bertz CT molecular complexity index is 437. The van der Waals surface area contributed by atoms with Crippen molar-refractivity contribution in [2.75, 3.05) is 14.2 Å². The van der Waals surface area contributed by atoms with Crippen molar-refractivity contribution in [1.29, 1.82) is 0 Å². The van der Waals surface area contributed by atoms with E-state index >= 15 is 0 Å². The topological polar surface area (TPSA) is 52.6 Å². The van der Waals surface area contributed by atoms with Crippen LogP contribution in [0.3, 0.4) is 0 Å². The first-order valence-electron chi connectivity index (χ1n) is 6.45. The fourth-order valence-electron chi connectivity index (χ4n) is 2.15. The average Bonchev–Trinajstić information content (AvgIpc) is 2.50. The highest BCUT2D eigenvalue weighted by Gasteiger charge is 2.31. The Hall–Kier alpha value is -2.10. The van der Waals surface area contributed by atoms with Crippen LogP contribution in [-0.4, -0.2) is 26.2 Å². The van der Waals surface area contributed by atoms with Gasteiger partial charge >= 0.3 is 11.9 Å². The number of carbonyl (C=O) groups excluding carboxylic acids is 2. The van der Waals surface area contributed by atoms with Crippen LogP contribution in [-0.2, 0) is 19.1 Å². The molecular formula is C16H20O4. The highest BCUT2D eigenvalue weighted by Crippen LogP contribution is 2.28. The fourth-order valence-corrected chi connectivity index (χ4v) is 2.15. The van der Waals surface area contributed by atoms with Crippen molar-refractivity contribution in [3.05, 3.63) is 48.6 Å². The van der Waals surface area contributed by atoms with Crippen molar-refractivity contribution in [3.8, 4) is 0 Å². The van der Waals surface area contributed by atoms with Crippen LogP contribution in [0.5, 0.6) is 0 Å². The van der Waals surface area contributed by atoms with Crippen LogP contribution in [0.2, 0.25) is 0 Å². The lowest BCUT2D eigenvalue weighted by atomic mass is 9.86. The Morgan fingerprint density at radius 3 is 2.15 bits per heavy atom. The average molecular weight is 276 g/mol. The summed E-state index contributed by atoms with van der Waals surface area (Å²) in [5, 5.41) is 0. The van der Waals surface area contributed by atoms with E-state index in [0.29, 0.717) is 12.8 Å². The summed E-state index contributed by atoms with van der Waals surface area (Å²) in [7, 11) is 2.53. The van der Waals surface area contributed by atoms with E-state index in [1.165, 1.54) is 14.2 Å². The van der Waals surface area contributed by atoms with Crippen molar-refractivity contribution in [3.63, 3.8) is 0 Å². The number of hydrogen-bond donors (Lipinski definition) is 0. The van der Waals surface area contributed by atoms with Gasteiger partial charge in [-0.15, -0.1) is 6.58 Å². The molecule has 1 unspecified atom stereocenters. The minimum Gasteiger partial charge on any atom is -0.468 e. The Balaban J connectivity index is 2.94. The Morgan fingerprint density at radius 2 is 1.70 bits per heavy atom. The standard InChI is InChI=1S/C16H20O4/c1-4-8-13(12-9-6-5-7-10-12)11-14(15(17)19-2)16(18)20-3/h4-7,9-10,13-14H,1,8,11H2,2-3H3. The summed E-state index contributed by atoms with van der Waals surface area (Å²) in [5.41, 5.74) is 1.06. The van der Waals surface area contributed by atoms with Crippen LogP contribution >= 0.6 is 0 Å². The van der Waals surface area contributed by atoms with Gasteiger partial charge in [-0.05, 0) is 24.3 Å². The molecule has 0 aliphatic heterocycles. The molecule has 0 saturated heterocycles. The van der Waals surface area contributed by atoms with E-state index in [9.17, 15) is 9.59 Å². The van der Waals surface area contributed by atoms with Gasteiger partial charge in [0.1, 0.15) is 0 Å². The van der Waals surface area contributed by atoms with Crippen molar-refractivity contribution >= 4 is 11.9 Å². The van der Waals surface area contributed by atoms with Gasteiger partial charge in [0.05, 0.1) is 14.2 Å². The van der Waals surface area contributed by atoms with Crippen molar-refractivity contribution < 1.29 is 19.1 Å². The van der Waals surface area contributed by atoms with Crippen LogP contribution in [0.15, 0.2) is 43.0 Å². The molecule has 0 saturated carbocycles. The first-order chi connectivity index (χ1) is 9.63. The third-order valence-corrected chi connectivity index (χ3v) is 3.21. The molecule has 1 aromatic rings. The molecule has 1 atom stereocenters. The minimum atomic E-state index is -0.907. The minimum absolute atomic E-state index is 0.0249. The Kier molecular flexibility index (Phi) is 6.50. The Labute approximate surface area is 119 Å². The van der Waals surface area contributed by atoms with Gasteiger partial charge in [-0.3, -0.25) is 9.59 Å². The molecule has 0 aliphatic rings. The lowest BCUT2D eigenvalue weighted by Gasteiger charge is -2.20. The molecule has 4 nitrogen and oxygen atoms in total. The van der Waals surface area contributed by atoms with E-state index in [0.717, 1.165) is 5.56 Å². The predicted octanol–water partition coefficient (Wildman–Crippen LogP) is 2.70. The van der Waals surface area contributed by atoms with Crippen LogP contribution in [0, 0.1) is 5.92 Å². The summed E-state index contributed by atoms with van der Waals surface area (Å²) in [6.07, 6.45) is 2.80. The SMILES string of the molecule is C=CCC(CC(C(=O)OC)C(=O)OC)c1ccccc1. The maximum Gasteiger partial charge on any atom is 0.320 e. The largest absolute Gasteiger partial charge is 0.468 e. The van der Waals surface area contributed by atoms with Crippen LogP contribution in [0.1, 0.15) is 24.3 Å². The molecule has 0 aromatic heterocycles. The van der Waals surface area contributed by atoms with E-state index in [4.69, 9.17) is 0 Å². The molecule has 4 heteroatoms. The number of ether oxygens (including phenoxy) is 2. The first kappa shape index (κ1) is 16.0. The van der Waals surface area contributed by atoms with Crippen molar-refractivity contribution in [2.45, 2.75) is 18.8 Å². The van der Waals surface area contributed by atoms with Crippen LogP contribution in [0.25, 0.3) is 0 Å². The van der Waals surface area contributed by atoms with E-state index in [1.807, 2.05) is 30.3 Å². The third-order valence-electron chi connectivity index (χ3n) is 3.21. The number of benzene rings is 1. The zero-order chi connectivity index (χ0) is 15.0. The van der Waals surface area contributed by atoms with E-state index in [2.05, 4.69) is 16.1 Å². The van der Waals surface area contributed by atoms with Gasteiger partial charge < -0.3 is 9.47 Å². The summed E-state index contributed by atoms with van der Waals surface area (Å²) in [6, 6.07) is 9.72. The lowest BCUT2D eigenvalue weighted by Crippen LogP contribution is -2.28. The van der Waals surface area contributed by atoms with E-state index in [-0.39, 0.29) is 5.92 Å². The van der Waals surface area contributed by atoms with Gasteiger partial charge in [0, 0.05) is 0 Å². The first-order valence-corrected chi connectivity index (χ1v) is 6.45. The van der Waals surface area contributed by atoms with Gasteiger partial charge in [0.25, 0.3) is 0 Å². The van der Waals surface area contributed by atoms with Crippen molar-refractivity contribution in [1.82, 2.24) is 0 Å². The lowest BCUT2D eigenvalue weighted by molar-refractivity contribution is -0.159. The third kappa shape index (κ3) is 4.23. The summed E-state index contributed by atoms with van der Waals surface area (Å²) in [5.74, 6) is -2.02. The monoisotopic (exact) mass is 276 g/mol. The quantitative estimate of drug-likeness (QED) is 0.436. The number of hydrogen-bond acceptors (Lipinski definition) is 4. The van der Waals surface area contributed by atoms with E-state index < -0.39 is 17.9 Å². The zero-order valence-corrected chi connectivity index (χ0v) is 11.9. The molecule has 0 amide bonds. The fraction of sp³-hybridized carbons (Fsp3) is 0.375. The maximum absolute atomic E-state index is 11.7. The highest BCUT2D eigenvalue weighted by molar-refractivity contribution is 5.94. The molecular weight excluding hydrogens is 256 g/mol. The molecule has 20 heavy (non-hydrogen) atoms. The highest BCUT2D eigenvalue weighted by atomic mass is 16.5. The van der Waals surface area contributed by atoms with Gasteiger partial charge in [0.15, 0.2) is 5.92 Å². The summed E-state index contributed by atoms with van der Waals surface area (Å²) in [4.78, 5) is 23.5. The van der Waals surface area contributed by atoms with Crippen LogP contribution in [0.4, 0.5) is 0 Å². The molecule has 108 valence electrons. The smallest absolute Gasteiger partial charge is 0.320 e. The summed E-state index contributed by atoms with van der Waals surface area (Å²) >= 11 is 0. The normalized spacial score (nSPS) is 11.8. The molecule has 0 heterocycles. The van der Waals surface area contributed by atoms with E-state index in [1.54, 1.807) is 6.08 Å². The molecule has 1 rings (SSSR count). The number of methoxy groups -OCH3 is 2. The predicted molar refractivity (Wildman–Crippen MR) is 76.1 cm³/mol. The molecule has 0 radical (unpaired) electrons. The Morgan fingerprint density at radius 1 is 1.15 bits per heavy atom. The molecule has 0 fully saturated rings. The molecule has 1 aromatic carbocycles. The van der Waals surface area contributed by atoms with Gasteiger partial charge in [-0.2, -0.15) is 0 Å². The number of esters is 2. The second-order valence-electron chi connectivity index (χ2n) is 4.47. The second-order valence-corrected chi connectivity index (χ2v) is 4.47. The van der Waals surface area contributed by atoms with Gasteiger partial charge in [-0.1, -0.05) is 36.4 Å². The molecule has 0 bridgehead atoms. The van der Waals surface area contributed by atoms with Crippen molar-refractivity contribution in [2.24, 2.45) is 5.92 Å². The van der Waals surface area contributed by atoms with Gasteiger partial charge in [-0.25, -0.2) is 0 Å².